The molecule has 0 radical (unpaired) electrons. The van der Waals surface area contributed by atoms with Crippen molar-refractivity contribution in [3.63, 3.8) is 0 Å². The van der Waals surface area contributed by atoms with Crippen LogP contribution in [-0.2, 0) is 13.6 Å². The van der Waals surface area contributed by atoms with Gasteiger partial charge in [-0.25, -0.2) is 4.79 Å². The van der Waals surface area contributed by atoms with Gasteiger partial charge in [-0.2, -0.15) is 10.1 Å². The number of hydrogen-bond donors (Lipinski definition) is 2. The summed E-state index contributed by atoms with van der Waals surface area (Å²) < 4.78 is 6.68. The predicted octanol–water partition coefficient (Wildman–Crippen LogP) is 1.03. The Labute approximate surface area is 97.1 Å². The van der Waals surface area contributed by atoms with Crippen molar-refractivity contribution < 1.29 is 14.3 Å². The van der Waals surface area contributed by atoms with Crippen molar-refractivity contribution in [1.82, 2.24) is 14.8 Å². The topological polar surface area (TPSA) is 93.2 Å². The van der Waals surface area contributed by atoms with Crippen LogP contribution in [0.3, 0.4) is 0 Å². The summed E-state index contributed by atoms with van der Waals surface area (Å²) in [5.74, 6) is -1.11. The van der Waals surface area contributed by atoms with E-state index in [0.717, 1.165) is 17.5 Å². The predicted molar refractivity (Wildman–Crippen MR) is 58.7 cm³/mol. The first kappa shape index (κ1) is 11.2. The quantitative estimate of drug-likeness (QED) is 0.823. The summed E-state index contributed by atoms with van der Waals surface area (Å²) in [5.41, 5.74) is 1.79. The second kappa shape index (κ2) is 4.28. The first-order valence-corrected chi connectivity index (χ1v) is 4.98. The van der Waals surface area contributed by atoms with Gasteiger partial charge in [-0.1, -0.05) is 0 Å². The summed E-state index contributed by atoms with van der Waals surface area (Å²) >= 11 is 0. The van der Waals surface area contributed by atoms with Crippen LogP contribution in [0.5, 0.6) is 0 Å². The number of aromatic nitrogens is 3. The molecule has 2 rings (SSSR count). The molecule has 2 aromatic rings. The maximum atomic E-state index is 10.6. The Morgan fingerprint density at radius 1 is 1.65 bits per heavy atom. The molecule has 0 saturated heterocycles. The van der Waals surface area contributed by atoms with Crippen molar-refractivity contribution in [1.29, 1.82) is 0 Å². The van der Waals surface area contributed by atoms with Gasteiger partial charge in [-0.3, -0.25) is 4.68 Å². The number of carbonyl (C=O) groups is 1. The molecule has 2 aromatic heterocycles. The van der Waals surface area contributed by atoms with Crippen molar-refractivity contribution in [2.24, 2.45) is 7.05 Å². The molecule has 17 heavy (non-hydrogen) atoms. The van der Waals surface area contributed by atoms with Gasteiger partial charge in [-0.15, -0.1) is 0 Å². The molecule has 0 aromatic carbocycles. The molecule has 0 aliphatic heterocycles. The van der Waals surface area contributed by atoms with Crippen molar-refractivity contribution in [2.75, 3.05) is 5.32 Å². The van der Waals surface area contributed by atoms with E-state index in [2.05, 4.69) is 15.4 Å². The number of carboxylic acid groups (broad SMARTS) is 1. The molecular weight excluding hydrogens is 224 g/mol. The Balaban J connectivity index is 2.02. The Bertz CT molecular complexity index is 543. The molecule has 2 N–H and O–H groups in total. The van der Waals surface area contributed by atoms with E-state index in [1.807, 2.05) is 20.2 Å². The van der Waals surface area contributed by atoms with Crippen LogP contribution in [-0.4, -0.2) is 25.8 Å². The van der Waals surface area contributed by atoms with Gasteiger partial charge >= 0.3 is 5.97 Å². The van der Waals surface area contributed by atoms with Gasteiger partial charge < -0.3 is 14.8 Å². The molecule has 0 aliphatic rings. The lowest BCUT2D eigenvalue weighted by molar-refractivity contribution is 0.0690. The summed E-state index contributed by atoms with van der Waals surface area (Å²) in [4.78, 5) is 14.3. The van der Waals surface area contributed by atoms with Crippen molar-refractivity contribution in [2.45, 2.75) is 13.5 Å². The summed E-state index contributed by atoms with van der Waals surface area (Å²) in [6, 6.07) is 0.186. The maximum absolute atomic E-state index is 10.6. The summed E-state index contributed by atoms with van der Waals surface area (Å²) in [6.45, 7) is 2.38. The van der Waals surface area contributed by atoms with Gasteiger partial charge in [0.15, 0.2) is 5.69 Å². The van der Waals surface area contributed by atoms with Gasteiger partial charge in [0.25, 0.3) is 6.01 Å². The molecule has 7 heteroatoms. The van der Waals surface area contributed by atoms with Crippen LogP contribution in [0.25, 0.3) is 0 Å². The lowest BCUT2D eigenvalue weighted by Crippen LogP contribution is -2.01. The Hall–Kier alpha value is -2.31. The average Bonchev–Trinajstić information content (AvgIpc) is 2.82. The first-order chi connectivity index (χ1) is 8.06. The van der Waals surface area contributed by atoms with Crippen LogP contribution >= 0.6 is 0 Å². The van der Waals surface area contributed by atoms with E-state index >= 15 is 0 Å². The highest BCUT2D eigenvalue weighted by atomic mass is 16.4. The number of nitrogens with one attached hydrogen (secondary N) is 1. The van der Waals surface area contributed by atoms with E-state index in [-0.39, 0.29) is 11.7 Å². The van der Waals surface area contributed by atoms with E-state index in [4.69, 9.17) is 9.52 Å². The molecule has 0 saturated carbocycles. The summed E-state index contributed by atoms with van der Waals surface area (Å²) in [5, 5.41) is 15.8. The third-order valence-electron chi connectivity index (χ3n) is 2.27. The molecule has 0 unspecified atom stereocenters. The van der Waals surface area contributed by atoms with Crippen LogP contribution in [0.2, 0.25) is 0 Å². The van der Waals surface area contributed by atoms with Crippen LogP contribution < -0.4 is 5.32 Å². The minimum absolute atomic E-state index is 0.115. The first-order valence-electron chi connectivity index (χ1n) is 4.98. The molecular formula is C10H12N4O3. The fraction of sp³-hybridized carbons (Fsp3) is 0.300. The number of rotatable bonds is 4. The number of oxazole rings is 1. The highest BCUT2D eigenvalue weighted by Gasteiger charge is 2.10. The van der Waals surface area contributed by atoms with Crippen molar-refractivity contribution in [3.05, 3.63) is 29.4 Å². The zero-order valence-electron chi connectivity index (χ0n) is 9.47. The van der Waals surface area contributed by atoms with E-state index in [1.165, 1.54) is 0 Å². The Kier molecular flexibility index (Phi) is 2.82. The van der Waals surface area contributed by atoms with E-state index in [0.29, 0.717) is 6.54 Å². The molecule has 0 aliphatic carbocycles. The maximum Gasteiger partial charge on any atom is 0.357 e. The van der Waals surface area contributed by atoms with Crippen molar-refractivity contribution in [3.8, 4) is 0 Å². The number of carboxylic acids is 1. The lowest BCUT2D eigenvalue weighted by atomic mass is 10.3. The molecule has 0 amide bonds. The fourth-order valence-electron chi connectivity index (χ4n) is 1.45. The van der Waals surface area contributed by atoms with Crippen LogP contribution in [0.4, 0.5) is 6.01 Å². The number of hydrogen-bond acceptors (Lipinski definition) is 5. The van der Waals surface area contributed by atoms with Crippen LogP contribution in [0.1, 0.15) is 21.7 Å². The van der Waals surface area contributed by atoms with Gasteiger partial charge in [0.05, 0.1) is 5.69 Å². The molecule has 7 nitrogen and oxygen atoms in total. The average molecular weight is 236 g/mol. The van der Waals surface area contributed by atoms with Crippen LogP contribution in [0, 0.1) is 6.92 Å². The Morgan fingerprint density at radius 3 is 2.94 bits per heavy atom. The fourth-order valence-corrected chi connectivity index (χ4v) is 1.45. The second-order valence-electron chi connectivity index (χ2n) is 3.61. The zero-order valence-corrected chi connectivity index (χ0v) is 9.47. The van der Waals surface area contributed by atoms with Gasteiger partial charge in [0, 0.05) is 25.4 Å². The van der Waals surface area contributed by atoms with Crippen molar-refractivity contribution >= 4 is 12.0 Å². The largest absolute Gasteiger partial charge is 0.476 e. The number of anilines is 1. The minimum atomic E-state index is -1.11. The van der Waals surface area contributed by atoms with E-state index in [9.17, 15) is 4.79 Å². The summed E-state index contributed by atoms with van der Waals surface area (Å²) in [6.07, 6.45) is 2.98. The van der Waals surface area contributed by atoms with E-state index in [1.54, 1.807) is 4.68 Å². The zero-order chi connectivity index (χ0) is 12.4. The van der Waals surface area contributed by atoms with Crippen LogP contribution in [0.15, 0.2) is 16.9 Å². The highest BCUT2D eigenvalue weighted by Crippen LogP contribution is 2.11. The van der Waals surface area contributed by atoms with Gasteiger partial charge in [-0.05, 0) is 6.92 Å². The molecule has 0 spiro atoms. The standard InChI is InChI=1S/C10H12N4O3/c1-6-7(4-14(2)13-6)3-11-10-12-8(5-17-10)9(15)16/h4-5H,3H2,1-2H3,(H,11,12)(H,15,16). The second-order valence-corrected chi connectivity index (χ2v) is 3.61. The van der Waals surface area contributed by atoms with Gasteiger partial charge in [0.1, 0.15) is 6.26 Å². The monoisotopic (exact) mass is 236 g/mol. The lowest BCUT2D eigenvalue weighted by Gasteiger charge is -1.98. The van der Waals surface area contributed by atoms with Gasteiger partial charge in [0.2, 0.25) is 0 Å². The molecule has 0 atom stereocenters. The molecule has 90 valence electrons. The summed E-state index contributed by atoms with van der Waals surface area (Å²) in [7, 11) is 1.84. The SMILES string of the molecule is Cc1nn(C)cc1CNc1nc(C(=O)O)co1. The number of nitrogens with zero attached hydrogens (tertiary/aromatic N) is 3. The third kappa shape index (κ3) is 2.44. The molecule has 2 heterocycles. The smallest absolute Gasteiger partial charge is 0.357 e. The normalized spacial score (nSPS) is 10.5. The molecule has 0 fully saturated rings. The Morgan fingerprint density at radius 2 is 2.41 bits per heavy atom. The minimum Gasteiger partial charge on any atom is -0.476 e. The number of aromatic carboxylic acids is 1. The highest BCUT2D eigenvalue weighted by molar-refractivity contribution is 5.85. The number of aryl methyl sites for hydroxylation is 2. The van der Waals surface area contributed by atoms with E-state index < -0.39 is 5.97 Å². The third-order valence-corrected chi connectivity index (χ3v) is 2.27. The molecule has 0 bridgehead atoms.